The fourth-order valence-corrected chi connectivity index (χ4v) is 1.07. The Morgan fingerprint density at radius 3 is 3.08 bits per heavy atom. The Kier molecular flexibility index (Phi) is 3.00. The summed E-state index contributed by atoms with van der Waals surface area (Å²) in [5.41, 5.74) is 0.609. The van der Waals surface area contributed by atoms with Crippen molar-refractivity contribution in [3.8, 4) is 0 Å². The first-order valence-electron chi connectivity index (χ1n) is 4.01. The monoisotopic (exact) mass is 186 g/mol. The third kappa shape index (κ3) is 2.27. The van der Waals surface area contributed by atoms with Gasteiger partial charge in [0.15, 0.2) is 0 Å². The van der Waals surface area contributed by atoms with Crippen molar-refractivity contribution < 1.29 is 14.3 Å². The van der Waals surface area contributed by atoms with Crippen LogP contribution in [-0.2, 0) is 17.8 Å². The quantitative estimate of drug-likeness (QED) is 0.759. The number of aliphatic carboxylic acids is 1. The van der Waals surface area contributed by atoms with E-state index >= 15 is 0 Å². The molecule has 1 aromatic rings. The summed E-state index contributed by atoms with van der Waals surface area (Å²) in [6.45, 7) is 2.56. The molecule has 1 aromatic heterocycles. The van der Waals surface area contributed by atoms with Crippen molar-refractivity contribution >= 4 is 5.97 Å². The number of imidazole rings is 1. The zero-order valence-corrected chi connectivity index (χ0v) is 7.27. The van der Waals surface area contributed by atoms with Crippen LogP contribution >= 0.6 is 0 Å². The average Bonchev–Trinajstić information content (AvgIpc) is 2.51. The Bertz CT molecular complexity index is 298. The molecule has 4 nitrogen and oxygen atoms in total. The molecular weight excluding hydrogens is 175 g/mol. The van der Waals surface area contributed by atoms with Crippen molar-refractivity contribution in [1.82, 2.24) is 9.55 Å². The van der Waals surface area contributed by atoms with Gasteiger partial charge in [-0.3, -0.25) is 0 Å². The van der Waals surface area contributed by atoms with Crippen LogP contribution in [0.5, 0.6) is 0 Å². The van der Waals surface area contributed by atoms with Crippen LogP contribution in [0, 0.1) is 0 Å². The van der Waals surface area contributed by atoms with E-state index in [1.807, 2.05) is 6.92 Å². The molecule has 0 aliphatic rings. The molecule has 72 valence electrons. The largest absolute Gasteiger partial charge is 0.479 e. The molecule has 1 rings (SSSR count). The van der Waals surface area contributed by atoms with Crippen LogP contribution in [0.3, 0.4) is 0 Å². The maximum atomic E-state index is 12.8. The van der Waals surface area contributed by atoms with Crippen LogP contribution < -0.4 is 0 Å². The molecule has 0 spiro atoms. The van der Waals surface area contributed by atoms with E-state index in [2.05, 4.69) is 4.98 Å². The van der Waals surface area contributed by atoms with Crippen LogP contribution in [0.2, 0.25) is 0 Å². The molecule has 0 amide bonds. The van der Waals surface area contributed by atoms with Gasteiger partial charge in [0, 0.05) is 24.9 Å². The van der Waals surface area contributed by atoms with Crippen molar-refractivity contribution in [2.45, 2.75) is 26.1 Å². The highest BCUT2D eigenvalue weighted by atomic mass is 19.1. The van der Waals surface area contributed by atoms with Crippen molar-refractivity contribution in [1.29, 1.82) is 0 Å². The maximum absolute atomic E-state index is 12.8. The second-order valence-electron chi connectivity index (χ2n) is 2.68. The number of aromatic nitrogens is 2. The van der Waals surface area contributed by atoms with Crippen LogP contribution in [0.15, 0.2) is 12.5 Å². The molecule has 0 aliphatic heterocycles. The number of nitrogens with zero attached hydrogens (tertiary/aromatic N) is 2. The SMILES string of the molecule is CCn1cncc1CC(F)C(=O)O. The molecule has 0 saturated carbocycles. The predicted octanol–water partition coefficient (Wildman–Crippen LogP) is 0.868. The predicted molar refractivity (Wildman–Crippen MR) is 44.1 cm³/mol. The van der Waals surface area contributed by atoms with E-state index in [4.69, 9.17) is 5.11 Å². The summed E-state index contributed by atoms with van der Waals surface area (Å²) in [4.78, 5) is 14.0. The van der Waals surface area contributed by atoms with Crippen molar-refractivity contribution in [3.63, 3.8) is 0 Å². The van der Waals surface area contributed by atoms with Crippen LogP contribution in [0.1, 0.15) is 12.6 Å². The van der Waals surface area contributed by atoms with Gasteiger partial charge in [0.2, 0.25) is 6.17 Å². The minimum atomic E-state index is -1.85. The lowest BCUT2D eigenvalue weighted by Crippen LogP contribution is -2.18. The van der Waals surface area contributed by atoms with E-state index in [0.717, 1.165) is 0 Å². The topological polar surface area (TPSA) is 55.1 Å². The molecule has 5 heteroatoms. The number of halogens is 1. The number of alkyl halides is 1. The Balaban J connectivity index is 2.68. The fourth-order valence-electron chi connectivity index (χ4n) is 1.07. The summed E-state index contributed by atoms with van der Waals surface area (Å²) in [7, 11) is 0. The molecule has 0 bridgehead atoms. The first kappa shape index (κ1) is 9.70. The van der Waals surface area contributed by atoms with Crippen LogP contribution in [0.4, 0.5) is 4.39 Å². The first-order valence-corrected chi connectivity index (χ1v) is 4.01. The van der Waals surface area contributed by atoms with Gasteiger partial charge in [0.1, 0.15) is 0 Å². The van der Waals surface area contributed by atoms with Crippen molar-refractivity contribution in [3.05, 3.63) is 18.2 Å². The lowest BCUT2D eigenvalue weighted by Gasteiger charge is -2.05. The van der Waals surface area contributed by atoms with Crippen LogP contribution in [0.25, 0.3) is 0 Å². The Labute approximate surface area is 75.0 Å². The second kappa shape index (κ2) is 4.02. The summed E-state index contributed by atoms with van der Waals surface area (Å²) in [5.74, 6) is -1.43. The summed E-state index contributed by atoms with van der Waals surface area (Å²) in [6.07, 6.45) is 1.08. The van der Waals surface area contributed by atoms with Gasteiger partial charge in [-0.2, -0.15) is 0 Å². The van der Waals surface area contributed by atoms with E-state index in [1.54, 1.807) is 10.9 Å². The van der Waals surface area contributed by atoms with Gasteiger partial charge in [0.05, 0.1) is 6.33 Å². The molecule has 1 heterocycles. The van der Waals surface area contributed by atoms with Gasteiger partial charge < -0.3 is 9.67 Å². The number of carboxylic acid groups (broad SMARTS) is 1. The Morgan fingerprint density at radius 2 is 2.54 bits per heavy atom. The Hall–Kier alpha value is -1.39. The number of carbonyl (C=O) groups is 1. The zero-order chi connectivity index (χ0) is 9.84. The van der Waals surface area contributed by atoms with E-state index < -0.39 is 12.1 Å². The highest BCUT2D eigenvalue weighted by molar-refractivity contribution is 5.72. The molecule has 0 fully saturated rings. The van der Waals surface area contributed by atoms with Gasteiger partial charge >= 0.3 is 5.97 Å². The minimum absolute atomic E-state index is 0.122. The smallest absolute Gasteiger partial charge is 0.338 e. The van der Waals surface area contributed by atoms with Gasteiger partial charge in [-0.25, -0.2) is 14.2 Å². The summed E-state index contributed by atoms with van der Waals surface area (Å²) >= 11 is 0. The minimum Gasteiger partial charge on any atom is -0.479 e. The number of hydrogen-bond acceptors (Lipinski definition) is 2. The lowest BCUT2D eigenvalue weighted by molar-refractivity contribution is -0.142. The lowest BCUT2D eigenvalue weighted by atomic mass is 10.2. The maximum Gasteiger partial charge on any atom is 0.338 e. The summed E-state index contributed by atoms with van der Waals surface area (Å²) in [5, 5.41) is 8.34. The Morgan fingerprint density at radius 1 is 1.85 bits per heavy atom. The molecule has 0 aromatic carbocycles. The molecular formula is C8H11FN2O2. The normalized spacial score (nSPS) is 12.8. The van der Waals surface area contributed by atoms with E-state index in [1.165, 1.54) is 6.20 Å². The molecule has 13 heavy (non-hydrogen) atoms. The number of carboxylic acids is 1. The van der Waals surface area contributed by atoms with Crippen molar-refractivity contribution in [2.75, 3.05) is 0 Å². The second-order valence-corrected chi connectivity index (χ2v) is 2.68. The highest BCUT2D eigenvalue weighted by Gasteiger charge is 2.17. The average molecular weight is 186 g/mol. The van der Waals surface area contributed by atoms with Gasteiger partial charge in [-0.05, 0) is 6.92 Å². The van der Waals surface area contributed by atoms with Crippen molar-refractivity contribution in [2.24, 2.45) is 0 Å². The third-order valence-corrected chi connectivity index (χ3v) is 1.80. The summed E-state index contributed by atoms with van der Waals surface area (Å²) in [6, 6.07) is 0. The zero-order valence-electron chi connectivity index (χ0n) is 7.27. The number of aryl methyl sites for hydroxylation is 1. The fraction of sp³-hybridized carbons (Fsp3) is 0.500. The molecule has 0 saturated heterocycles. The first-order chi connectivity index (χ1) is 6.15. The number of rotatable bonds is 4. The molecule has 0 aliphatic carbocycles. The van der Waals surface area contributed by atoms with E-state index in [0.29, 0.717) is 12.2 Å². The molecule has 0 radical (unpaired) electrons. The van der Waals surface area contributed by atoms with Gasteiger partial charge in [0.25, 0.3) is 0 Å². The standard InChI is InChI=1S/C8H11FN2O2/c1-2-11-5-10-4-6(11)3-7(9)8(12)13/h4-5,7H,2-3H2,1H3,(H,12,13). The van der Waals surface area contributed by atoms with Crippen LogP contribution in [-0.4, -0.2) is 26.8 Å². The third-order valence-electron chi connectivity index (χ3n) is 1.80. The number of hydrogen-bond donors (Lipinski definition) is 1. The van der Waals surface area contributed by atoms with E-state index in [9.17, 15) is 9.18 Å². The van der Waals surface area contributed by atoms with E-state index in [-0.39, 0.29) is 6.42 Å². The molecule has 1 atom stereocenters. The van der Waals surface area contributed by atoms with Gasteiger partial charge in [-0.1, -0.05) is 0 Å². The molecule has 1 N–H and O–H groups in total. The van der Waals surface area contributed by atoms with Gasteiger partial charge in [-0.15, -0.1) is 0 Å². The highest BCUT2D eigenvalue weighted by Crippen LogP contribution is 2.06. The molecule has 1 unspecified atom stereocenters. The summed E-state index contributed by atoms with van der Waals surface area (Å²) < 4.78 is 14.5.